The number of fused-ring (bicyclic) bond motifs is 9. The number of unbranched alkanes of at least 4 members (excludes halogenated alkanes) is 2. The van der Waals surface area contributed by atoms with Gasteiger partial charge in [-0.05, 0) is 59.8 Å². The van der Waals surface area contributed by atoms with Crippen LogP contribution in [0.3, 0.4) is 0 Å². The van der Waals surface area contributed by atoms with Crippen LogP contribution in [0.15, 0.2) is 111 Å². The molecule has 0 amide bonds. The number of hydrogen-bond donors (Lipinski definition) is 1. The predicted octanol–water partition coefficient (Wildman–Crippen LogP) is 9.37. The first-order chi connectivity index (χ1) is 20.8. The van der Waals surface area contributed by atoms with E-state index in [9.17, 15) is 0 Å². The van der Waals surface area contributed by atoms with Gasteiger partial charge in [0.1, 0.15) is 5.58 Å². The molecule has 201 valence electrons. The van der Waals surface area contributed by atoms with Crippen molar-refractivity contribution in [3.8, 4) is 11.1 Å². The second-order valence-electron chi connectivity index (χ2n) is 11.4. The van der Waals surface area contributed by atoms with Crippen molar-refractivity contribution in [2.75, 3.05) is 4.90 Å². The van der Waals surface area contributed by atoms with Crippen LogP contribution in [0.4, 0.5) is 17.1 Å². The highest BCUT2D eigenvalue weighted by molar-refractivity contribution is 7.99. The molecule has 1 N–H and O–H groups in total. The summed E-state index contributed by atoms with van der Waals surface area (Å²) in [6.45, 7) is 2.28. The molecule has 2 aliphatic rings. The molecule has 3 nitrogen and oxygen atoms in total. The van der Waals surface area contributed by atoms with Gasteiger partial charge in [0.15, 0.2) is 7.28 Å². The highest BCUT2D eigenvalue weighted by atomic mass is 32.2. The molecule has 0 aliphatic carbocycles. The number of rotatable bonds is 5. The molecular formula is C37H28BN2OS. The Morgan fingerprint density at radius 3 is 2.57 bits per heavy atom. The minimum absolute atomic E-state index is 0.840. The van der Waals surface area contributed by atoms with Crippen molar-refractivity contribution in [1.29, 1.82) is 0 Å². The molecule has 2 aromatic heterocycles. The Kier molecular flexibility index (Phi) is 5.39. The van der Waals surface area contributed by atoms with Crippen molar-refractivity contribution >= 4 is 80.0 Å². The molecule has 0 spiro atoms. The van der Waals surface area contributed by atoms with Crippen molar-refractivity contribution < 1.29 is 4.42 Å². The molecule has 0 fully saturated rings. The van der Waals surface area contributed by atoms with E-state index in [2.05, 4.69) is 109 Å². The zero-order valence-corrected chi connectivity index (χ0v) is 24.2. The topological polar surface area (TPSA) is 32.2 Å². The maximum absolute atomic E-state index is 6.30. The average molecular weight is 560 g/mol. The van der Waals surface area contributed by atoms with Gasteiger partial charge in [-0.15, -0.1) is 0 Å². The number of aromatic amines is 1. The molecule has 4 heterocycles. The van der Waals surface area contributed by atoms with Crippen LogP contribution in [0.1, 0.15) is 31.7 Å². The van der Waals surface area contributed by atoms with Crippen LogP contribution in [0.25, 0.3) is 44.1 Å². The number of aryl methyl sites for hydroxylation is 1. The number of hydrogen-bond acceptors (Lipinski definition) is 3. The quantitative estimate of drug-likeness (QED) is 0.168. The molecule has 9 rings (SSSR count). The van der Waals surface area contributed by atoms with Crippen molar-refractivity contribution in [2.24, 2.45) is 0 Å². The second-order valence-corrected chi connectivity index (χ2v) is 12.5. The molecule has 0 saturated heterocycles. The van der Waals surface area contributed by atoms with Gasteiger partial charge in [-0.2, -0.15) is 0 Å². The normalized spacial score (nSPS) is 13.3. The zero-order valence-electron chi connectivity index (χ0n) is 23.4. The average Bonchev–Trinajstić information content (AvgIpc) is 3.57. The Hall–Kier alpha value is -4.35. The number of para-hydroxylation sites is 4. The van der Waals surface area contributed by atoms with Gasteiger partial charge in [-0.1, -0.05) is 104 Å². The van der Waals surface area contributed by atoms with E-state index < -0.39 is 0 Å². The smallest absolute Gasteiger partial charge is 0.206 e. The number of anilines is 3. The van der Waals surface area contributed by atoms with Crippen LogP contribution >= 0.6 is 11.8 Å². The van der Waals surface area contributed by atoms with E-state index in [1.807, 2.05) is 23.9 Å². The minimum Gasteiger partial charge on any atom is -0.440 e. The van der Waals surface area contributed by atoms with E-state index in [0.717, 1.165) is 34.0 Å². The van der Waals surface area contributed by atoms with Gasteiger partial charge in [0.05, 0.1) is 22.3 Å². The van der Waals surface area contributed by atoms with E-state index in [4.69, 9.17) is 4.42 Å². The van der Waals surface area contributed by atoms with Crippen LogP contribution in [0.2, 0.25) is 0 Å². The van der Waals surface area contributed by atoms with Crippen LogP contribution in [0, 0.1) is 0 Å². The van der Waals surface area contributed by atoms with E-state index in [1.165, 1.54) is 79.1 Å². The van der Waals surface area contributed by atoms with Crippen LogP contribution in [-0.4, -0.2) is 12.3 Å². The van der Waals surface area contributed by atoms with Crippen molar-refractivity contribution in [2.45, 2.75) is 42.4 Å². The molecule has 0 bridgehead atoms. The second kappa shape index (κ2) is 9.33. The van der Waals surface area contributed by atoms with Gasteiger partial charge in [0.25, 0.3) is 0 Å². The fraction of sp³-hybridized carbons (Fsp3) is 0.135. The fourth-order valence-electron chi connectivity index (χ4n) is 6.96. The summed E-state index contributed by atoms with van der Waals surface area (Å²) in [5.74, 6) is 0. The molecule has 2 aliphatic heterocycles. The van der Waals surface area contributed by atoms with Gasteiger partial charge in [-0.25, -0.2) is 0 Å². The molecule has 7 aromatic rings. The lowest BCUT2D eigenvalue weighted by atomic mass is 9.58. The van der Waals surface area contributed by atoms with Gasteiger partial charge in [0, 0.05) is 31.8 Å². The summed E-state index contributed by atoms with van der Waals surface area (Å²) >= 11 is 1.87. The first kappa shape index (κ1) is 24.3. The third kappa shape index (κ3) is 3.50. The first-order valence-electron chi connectivity index (χ1n) is 14.9. The highest BCUT2D eigenvalue weighted by Crippen LogP contribution is 2.52. The molecule has 5 heteroatoms. The van der Waals surface area contributed by atoms with E-state index in [1.54, 1.807) is 0 Å². The highest BCUT2D eigenvalue weighted by Gasteiger charge is 2.34. The van der Waals surface area contributed by atoms with Crippen LogP contribution in [0.5, 0.6) is 0 Å². The maximum atomic E-state index is 6.30. The molecule has 1 radical (unpaired) electrons. The lowest BCUT2D eigenvalue weighted by Gasteiger charge is -2.40. The van der Waals surface area contributed by atoms with Crippen molar-refractivity contribution in [1.82, 2.24) is 4.98 Å². The maximum Gasteiger partial charge on any atom is 0.206 e. The lowest BCUT2D eigenvalue weighted by Crippen LogP contribution is -2.42. The summed E-state index contributed by atoms with van der Waals surface area (Å²) in [6, 6.07) is 35.5. The third-order valence-corrected chi connectivity index (χ3v) is 9.98. The molecular weight excluding hydrogens is 531 g/mol. The number of aromatic nitrogens is 1. The standard InChI is InChI=1S/C37H28BN2OS/c1-2-3-4-11-22-20-26(23-13-9-14-25-33-24-12-5-7-17-30(24)41-37(33)39-35(23)25)34-29(21-22)40-28-16-6-8-18-31(28)42-32-19-10-15-27(38-34)36(32)40/h5-10,12-21,39H,2-4,11H2,1H3. The summed E-state index contributed by atoms with van der Waals surface area (Å²) in [5, 5.41) is 3.52. The van der Waals surface area contributed by atoms with Gasteiger partial charge in [-0.3, -0.25) is 0 Å². The van der Waals surface area contributed by atoms with Gasteiger partial charge < -0.3 is 14.3 Å². The number of H-pyrrole nitrogens is 1. The first-order valence-corrected chi connectivity index (χ1v) is 15.7. The molecule has 0 atom stereocenters. The molecule has 5 aromatic carbocycles. The zero-order chi connectivity index (χ0) is 27.8. The van der Waals surface area contributed by atoms with Gasteiger partial charge in [0.2, 0.25) is 5.71 Å². The van der Waals surface area contributed by atoms with E-state index in [0.29, 0.717) is 0 Å². The Morgan fingerprint density at radius 1 is 0.786 bits per heavy atom. The summed E-state index contributed by atoms with van der Waals surface area (Å²) < 4.78 is 6.30. The number of nitrogens with zero attached hydrogens (tertiary/aromatic N) is 1. The fourth-order valence-corrected chi connectivity index (χ4v) is 8.06. The number of nitrogens with one attached hydrogen (secondary N) is 1. The number of furan rings is 1. The van der Waals surface area contributed by atoms with Crippen LogP contribution in [-0.2, 0) is 6.42 Å². The summed E-state index contributed by atoms with van der Waals surface area (Å²) in [7, 11) is 2.41. The molecule has 42 heavy (non-hydrogen) atoms. The van der Waals surface area contributed by atoms with Gasteiger partial charge >= 0.3 is 0 Å². The molecule has 0 unspecified atom stereocenters. The predicted molar refractivity (Wildman–Crippen MR) is 178 cm³/mol. The summed E-state index contributed by atoms with van der Waals surface area (Å²) in [4.78, 5) is 8.82. The lowest BCUT2D eigenvalue weighted by molar-refractivity contribution is 0.657. The largest absolute Gasteiger partial charge is 0.440 e. The molecule has 0 saturated carbocycles. The minimum atomic E-state index is 0.840. The SMILES string of the molecule is CCCCCc1cc(-c2cccc3c2[nH]c2oc4ccccc4c23)c2c(c1)N1c3ccccc3Sc3cccc(c31)[B]2. The Balaban J connectivity index is 1.32. The Labute approximate surface area is 249 Å². The van der Waals surface area contributed by atoms with Crippen molar-refractivity contribution in [3.63, 3.8) is 0 Å². The monoisotopic (exact) mass is 559 g/mol. The van der Waals surface area contributed by atoms with E-state index >= 15 is 0 Å². The van der Waals surface area contributed by atoms with E-state index in [-0.39, 0.29) is 0 Å². The summed E-state index contributed by atoms with van der Waals surface area (Å²) in [6.07, 6.45) is 4.72. The Morgan fingerprint density at radius 2 is 1.62 bits per heavy atom. The van der Waals surface area contributed by atoms with Crippen LogP contribution < -0.4 is 15.8 Å². The third-order valence-electron chi connectivity index (χ3n) is 8.87. The van der Waals surface area contributed by atoms with Crippen molar-refractivity contribution in [3.05, 3.63) is 103 Å². The number of benzene rings is 5. The Bertz CT molecular complexity index is 2190. The summed E-state index contributed by atoms with van der Waals surface area (Å²) in [5.41, 5.74) is 13.1.